The van der Waals surface area contributed by atoms with E-state index in [2.05, 4.69) is 4.98 Å². The largest absolute Gasteiger partial charge is 0.243 e. The van der Waals surface area contributed by atoms with Gasteiger partial charge in [-0.25, -0.2) is 13.4 Å². The maximum atomic E-state index is 11.5. The molecule has 0 saturated carbocycles. The first-order valence-corrected chi connectivity index (χ1v) is 5.89. The molecule has 1 heterocycles. The van der Waals surface area contributed by atoms with Crippen LogP contribution in [0.1, 0.15) is 0 Å². The minimum atomic E-state index is -3.74. The summed E-state index contributed by atoms with van der Waals surface area (Å²) in [6, 6.07) is 2.81. The molecule has 15 heavy (non-hydrogen) atoms. The van der Waals surface area contributed by atoms with Crippen molar-refractivity contribution >= 4 is 33.2 Å². The van der Waals surface area contributed by atoms with Crippen molar-refractivity contribution < 1.29 is 8.42 Å². The van der Waals surface area contributed by atoms with Gasteiger partial charge in [0.15, 0.2) is 0 Å². The highest BCUT2D eigenvalue weighted by atomic mass is 35.5. The molecule has 0 aliphatic heterocycles. The highest BCUT2D eigenvalue weighted by molar-refractivity contribution is 7.89. The molecule has 0 bridgehead atoms. The minimum Gasteiger partial charge on any atom is -0.242 e. The molecular formula is C7H5Cl2N3O2S. The van der Waals surface area contributed by atoms with Gasteiger partial charge in [-0.15, -0.1) is 0 Å². The Labute approximate surface area is 96.7 Å². The molecule has 1 aromatic heterocycles. The predicted molar refractivity (Wildman–Crippen MR) is 55.1 cm³/mol. The van der Waals surface area contributed by atoms with E-state index in [1.807, 2.05) is 4.72 Å². The Balaban J connectivity index is 3.07. The first kappa shape index (κ1) is 12.2. The molecule has 0 atom stereocenters. The van der Waals surface area contributed by atoms with Crippen LogP contribution in [0.3, 0.4) is 0 Å². The third-order valence-corrected chi connectivity index (χ3v) is 3.48. The first-order valence-electron chi connectivity index (χ1n) is 3.65. The monoisotopic (exact) mass is 265 g/mol. The summed E-state index contributed by atoms with van der Waals surface area (Å²) in [4.78, 5) is 3.45. The second-order valence-electron chi connectivity index (χ2n) is 2.43. The summed E-state index contributed by atoms with van der Waals surface area (Å²) in [6.07, 6.45) is 1.06. The molecule has 0 unspecified atom stereocenters. The average Bonchev–Trinajstić information content (AvgIpc) is 2.19. The number of sulfonamides is 1. The Kier molecular flexibility index (Phi) is 3.88. The van der Waals surface area contributed by atoms with Gasteiger partial charge >= 0.3 is 0 Å². The highest BCUT2D eigenvalue weighted by Crippen LogP contribution is 2.21. The summed E-state index contributed by atoms with van der Waals surface area (Å²) in [7, 11) is -3.74. The van der Waals surface area contributed by atoms with Crippen molar-refractivity contribution in [2.45, 2.75) is 4.90 Å². The number of hydrogen-bond acceptors (Lipinski definition) is 4. The fraction of sp³-hybridized carbons (Fsp3) is 0.143. The van der Waals surface area contributed by atoms with Crippen LogP contribution in [-0.2, 0) is 10.0 Å². The Morgan fingerprint density at radius 1 is 1.53 bits per heavy atom. The van der Waals surface area contributed by atoms with Gasteiger partial charge in [0.2, 0.25) is 10.0 Å². The normalized spacial score (nSPS) is 11.0. The predicted octanol–water partition coefficient (Wildman–Crippen LogP) is 1.19. The summed E-state index contributed by atoms with van der Waals surface area (Å²) in [5, 5.41) is 8.30. The second-order valence-corrected chi connectivity index (χ2v) is 4.96. The summed E-state index contributed by atoms with van der Waals surface area (Å²) in [5.74, 6) is 0. The van der Waals surface area contributed by atoms with Gasteiger partial charge in [0, 0.05) is 6.20 Å². The van der Waals surface area contributed by atoms with Crippen molar-refractivity contribution in [1.82, 2.24) is 9.71 Å². The van der Waals surface area contributed by atoms with Crippen LogP contribution in [0.4, 0.5) is 0 Å². The van der Waals surface area contributed by atoms with Crippen LogP contribution >= 0.6 is 23.2 Å². The molecule has 80 valence electrons. The highest BCUT2D eigenvalue weighted by Gasteiger charge is 2.15. The van der Waals surface area contributed by atoms with E-state index in [0.29, 0.717) is 0 Å². The van der Waals surface area contributed by atoms with Crippen LogP contribution in [0.25, 0.3) is 0 Å². The van der Waals surface area contributed by atoms with Crippen molar-refractivity contribution in [3.63, 3.8) is 0 Å². The number of nitriles is 1. The van der Waals surface area contributed by atoms with E-state index in [0.717, 1.165) is 12.3 Å². The molecule has 0 radical (unpaired) electrons. The number of aromatic nitrogens is 1. The molecule has 0 aromatic carbocycles. The van der Waals surface area contributed by atoms with Crippen molar-refractivity contribution in [2.24, 2.45) is 0 Å². The van der Waals surface area contributed by atoms with Gasteiger partial charge < -0.3 is 0 Å². The molecule has 0 amide bonds. The lowest BCUT2D eigenvalue weighted by atomic mass is 10.5. The number of rotatable bonds is 3. The zero-order valence-electron chi connectivity index (χ0n) is 7.24. The quantitative estimate of drug-likeness (QED) is 0.658. The van der Waals surface area contributed by atoms with Gasteiger partial charge in [-0.05, 0) is 6.07 Å². The second kappa shape index (κ2) is 4.77. The lowest BCUT2D eigenvalue weighted by Crippen LogP contribution is -2.24. The maximum Gasteiger partial charge on any atom is 0.243 e. The molecule has 1 N–H and O–H groups in total. The molecule has 1 aromatic rings. The van der Waals surface area contributed by atoms with Crippen LogP contribution in [0.2, 0.25) is 10.2 Å². The van der Waals surface area contributed by atoms with Crippen LogP contribution in [-0.4, -0.2) is 19.9 Å². The Bertz CT molecular complexity index is 509. The van der Waals surface area contributed by atoms with Gasteiger partial charge in [-0.1, -0.05) is 23.2 Å². The number of hydrogen-bond donors (Lipinski definition) is 1. The number of nitrogens with zero attached hydrogens (tertiary/aromatic N) is 2. The van der Waals surface area contributed by atoms with Crippen molar-refractivity contribution in [3.8, 4) is 6.07 Å². The standard InChI is InChI=1S/C7H5Cl2N3O2S/c8-6-3-5(4-11-7(6)9)15(13,14)12-2-1-10/h3-4,12H,2H2. The molecule has 0 aliphatic rings. The van der Waals surface area contributed by atoms with Crippen LogP contribution in [0, 0.1) is 11.3 Å². The third kappa shape index (κ3) is 3.04. The molecule has 0 aliphatic carbocycles. The van der Waals surface area contributed by atoms with E-state index in [4.69, 9.17) is 28.5 Å². The summed E-state index contributed by atoms with van der Waals surface area (Å²) >= 11 is 11.1. The van der Waals surface area contributed by atoms with Crippen molar-refractivity contribution in [1.29, 1.82) is 5.26 Å². The van der Waals surface area contributed by atoms with Crippen molar-refractivity contribution in [3.05, 3.63) is 22.4 Å². The lowest BCUT2D eigenvalue weighted by Gasteiger charge is -2.03. The van der Waals surface area contributed by atoms with E-state index in [1.165, 1.54) is 0 Å². The van der Waals surface area contributed by atoms with Gasteiger partial charge in [-0.3, -0.25) is 0 Å². The van der Waals surface area contributed by atoms with E-state index < -0.39 is 10.0 Å². The van der Waals surface area contributed by atoms with Gasteiger partial charge in [-0.2, -0.15) is 9.98 Å². The summed E-state index contributed by atoms with van der Waals surface area (Å²) in [5.41, 5.74) is 0. The molecule has 5 nitrogen and oxygen atoms in total. The van der Waals surface area contributed by atoms with Gasteiger partial charge in [0.05, 0.1) is 17.6 Å². The molecule has 0 fully saturated rings. The number of pyridine rings is 1. The first-order chi connectivity index (χ1) is 6.97. The lowest BCUT2D eigenvalue weighted by molar-refractivity contribution is 0.585. The van der Waals surface area contributed by atoms with Gasteiger partial charge in [0.1, 0.15) is 10.0 Å². The number of halogens is 2. The maximum absolute atomic E-state index is 11.5. The zero-order chi connectivity index (χ0) is 11.5. The van der Waals surface area contributed by atoms with E-state index in [-0.39, 0.29) is 21.6 Å². The smallest absolute Gasteiger partial charge is 0.242 e. The average molecular weight is 266 g/mol. The van der Waals surface area contributed by atoms with E-state index in [9.17, 15) is 8.42 Å². The number of nitrogens with one attached hydrogen (secondary N) is 1. The van der Waals surface area contributed by atoms with Gasteiger partial charge in [0.25, 0.3) is 0 Å². The fourth-order valence-corrected chi connectivity index (χ4v) is 1.98. The van der Waals surface area contributed by atoms with E-state index >= 15 is 0 Å². The molecule has 1 rings (SSSR count). The minimum absolute atomic E-state index is 0.0240. The Hall–Kier alpha value is -0.870. The van der Waals surface area contributed by atoms with Crippen LogP contribution < -0.4 is 4.72 Å². The third-order valence-electron chi connectivity index (χ3n) is 1.42. The SMILES string of the molecule is N#CCNS(=O)(=O)c1cnc(Cl)c(Cl)c1. The van der Waals surface area contributed by atoms with E-state index in [1.54, 1.807) is 6.07 Å². The molecule has 0 spiro atoms. The summed E-state index contributed by atoms with van der Waals surface area (Å²) in [6.45, 7) is -0.317. The topological polar surface area (TPSA) is 82.9 Å². The van der Waals surface area contributed by atoms with Crippen LogP contribution in [0.15, 0.2) is 17.2 Å². The molecule has 0 saturated heterocycles. The zero-order valence-corrected chi connectivity index (χ0v) is 9.57. The Morgan fingerprint density at radius 3 is 2.73 bits per heavy atom. The van der Waals surface area contributed by atoms with Crippen molar-refractivity contribution in [2.75, 3.05) is 6.54 Å². The molecular weight excluding hydrogens is 261 g/mol. The Morgan fingerprint density at radius 2 is 2.20 bits per heavy atom. The molecule has 8 heteroatoms. The summed E-state index contributed by atoms with van der Waals surface area (Å²) < 4.78 is 24.9. The fourth-order valence-electron chi connectivity index (χ4n) is 0.761. The van der Waals surface area contributed by atoms with Crippen LogP contribution in [0.5, 0.6) is 0 Å².